The largest absolute Gasteiger partial charge is 0.376 e. The molecule has 0 amide bonds. The third-order valence-electron chi connectivity index (χ3n) is 3.49. The summed E-state index contributed by atoms with van der Waals surface area (Å²) in [5.41, 5.74) is 1.73. The van der Waals surface area contributed by atoms with Gasteiger partial charge in [-0.05, 0) is 42.5 Å². The van der Waals surface area contributed by atoms with Crippen molar-refractivity contribution in [2.75, 3.05) is 5.32 Å². The van der Waals surface area contributed by atoms with Crippen molar-refractivity contribution >= 4 is 17.3 Å². The number of nitrogens with one attached hydrogen (secondary N) is 1. The van der Waals surface area contributed by atoms with Crippen LogP contribution in [0.15, 0.2) is 48.5 Å². The van der Waals surface area contributed by atoms with Gasteiger partial charge in [-0.15, -0.1) is 0 Å². The molecule has 0 bridgehead atoms. The van der Waals surface area contributed by atoms with Gasteiger partial charge in [-0.25, -0.2) is 4.39 Å². The van der Waals surface area contributed by atoms with E-state index in [4.69, 9.17) is 11.6 Å². The quantitative estimate of drug-likeness (QED) is 0.824. The predicted molar refractivity (Wildman–Crippen MR) is 76.9 cm³/mol. The molecule has 2 aromatic rings. The molecular formula is C16H15ClFN. The van der Waals surface area contributed by atoms with Crippen LogP contribution in [0.1, 0.15) is 24.4 Å². The van der Waals surface area contributed by atoms with E-state index in [-0.39, 0.29) is 11.9 Å². The molecule has 0 spiro atoms. The standard InChI is InChI=1S/C16H15ClFN/c17-13-8-9-15(14(18)10-13)19-16(12-6-7-12)11-4-2-1-3-5-11/h1-5,8-10,12,16,19H,6-7H2. The molecule has 1 aliphatic carbocycles. The monoisotopic (exact) mass is 275 g/mol. The first-order chi connectivity index (χ1) is 9.24. The molecule has 0 aliphatic heterocycles. The zero-order valence-corrected chi connectivity index (χ0v) is 11.2. The second-order valence-corrected chi connectivity index (χ2v) is 5.43. The maximum atomic E-state index is 13.9. The Kier molecular flexibility index (Phi) is 3.43. The molecule has 0 saturated heterocycles. The number of benzene rings is 2. The maximum absolute atomic E-state index is 13.9. The minimum Gasteiger partial charge on any atom is -0.376 e. The van der Waals surface area contributed by atoms with Crippen molar-refractivity contribution in [1.29, 1.82) is 0 Å². The third kappa shape index (κ3) is 2.90. The lowest BCUT2D eigenvalue weighted by molar-refractivity contribution is 0.616. The Bertz CT molecular complexity index is 566. The summed E-state index contributed by atoms with van der Waals surface area (Å²) < 4.78 is 13.9. The van der Waals surface area contributed by atoms with Gasteiger partial charge in [0.1, 0.15) is 5.82 Å². The molecule has 1 aliphatic rings. The van der Waals surface area contributed by atoms with Crippen molar-refractivity contribution in [2.24, 2.45) is 5.92 Å². The summed E-state index contributed by atoms with van der Waals surface area (Å²) in [7, 11) is 0. The molecule has 1 atom stereocenters. The van der Waals surface area contributed by atoms with Gasteiger partial charge in [0, 0.05) is 5.02 Å². The van der Waals surface area contributed by atoms with Gasteiger partial charge in [0.15, 0.2) is 0 Å². The molecule has 98 valence electrons. The molecule has 3 heteroatoms. The van der Waals surface area contributed by atoms with Crippen molar-refractivity contribution in [3.8, 4) is 0 Å². The lowest BCUT2D eigenvalue weighted by Gasteiger charge is -2.20. The van der Waals surface area contributed by atoms with Gasteiger partial charge in [-0.2, -0.15) is 0 Å². The van der Waals surface area contributed by atoms with Crippen molar-refractivity contribution in [3.63, 3.8) is 0 Å². The van der Waals surface area contributed by atoms with Crippen LogP contribution in [-0.2, 0) is 0 Å². The molecule has 1 saturated carbocycles. The summed E-state index contributed by atoms with van der Waals surface area (Å²) in [6, 6.07) is 15.1. The maximum Gasteiger partial charge on any atom is 0.147 e. The van der Waals surface area contributed by atoms with Gasteiger partial charge >= 0.3 is 0 Å². The summed E-state index contributed by atoms with van der Waals surface area (Å²) in [6.07, 6.45) is 2.39. The Hall–Kier alpha value is -1.54. The van der Waals surface area contributed by atoms with E-state index in [0.29, 0.717) is 16.6 Å². The Morgan fingerprint density at radius 1 is 1.11 bits per heavy atom. The third-order valence-corrected chi connectivity index (χ3v) is 3.73. The lowest BCUT2D eigenvalue weighted by atomic mass is 10.0. The van der Waals surface area contributed by atoms with E-state index < -0.39 is 0 Å². The van der Waals surface area contributed by atoms with Gasteiger partial charge in [0.25, 0.3) is 0 Å². The summed E-state index contributed by atoms with van der Waals surface area (Å²) in [5.74, 6) is 0.298. The molecule has 0 heterocycles. The van der Waals surface area contributed by atoms with Crippen LogP contribution >= 0.6 is 11.6 Å². The molecule has 1 N–H and O–H groups in total. The van der Waals surface area contributed by atoms with E-state index in [1.165, 1.54) is 24.5 Å². The fourth-order valence-corrected chi connectivity index (χ4v) is 2.50. The number of hydrogen-bond acceptors (Lipinski definition) is 1. The Labute approximate surface area is 117 Å². The average Bonchev–Trinajstić information content (AvgIpc) is 3.23. The van der Waals surface area contributed by atoms with Crippen molar-refractivity contribution in [1.82, 2.24) is 0 Å². The van der Waals surface area contributed by atoms with E-state index in [0.717, 1.165) is 0 Å². The van der Waals surface area contributed by atoms with Gasteiger partial charge < -0.3 is 5.32 Å². The first-order valence-corrected chi connectivity index (χ1v) is 6.88. The number of rotatable bonds is 4. The molecule has 1 nitrogen and oxygen atoms in total. The summed E-state index contributed by atoms with van der Waals surface area (Å²) >= 11 is 5.78. The van der Waals surface area contributed by atoms with Crippen LogP contribution in [0.25, 0.3) is 0 Å². The SMILES string of the molecule is Fc1cc(Cl)ccc1NC(c1ccccc1)C1CC1. The van der Waals surface area contributed by atoms with E-state index >= 15 is 0 Å². The van der Waals surface area contributed by atoms with Crippen molar-refractivity contribution in [3.05, 3.63) is 64.9 Å². The Balaban J connectivity index is 1.86. The molecular weight excluding hydrogens is 261 g/mol. The lowest BCUT2D eigenvalue weighted by Crippen LogP contribution is -2.13. The number of halogens is 2. The predicted octanol–water partition coefficient (Wildman–Crippen LogP) is 5.04. The minimum absolute atomic E-state index is 0.178. The van der Waals surface area contributed by atoms with Gasteiger partial charge in [0.05, 0.1) is 11.7 Å². The Morgan fingerprint density at radius 3 is 2.47 bits per heavy atom. The molecule has 1 fully saturated rings. The van der Waals surface area contributed by atoms with Crippen LogP contribution in [-0.4, -0.2) is 0 Å². The summed E-state index contributed by atoms with van der Waals surface area (Å²) in [5, 5.41) is 3.74. The number of anilines is 1. The smallest absolute Gasteiger partial charge is 0.147 e. The van der Waals surface area contributed by atoms with E-state index in [1.54, 1.807) is 12.1 Å². The highest BCUT2D eigenvalue weighted by Crippen LogP contribution is 2.43. The second-order valence-electron chi connectivity index (χ2n) is 4.99. The zero-order valence-electron chi connectivity index (χ0n) is 10.4. The molecule has 3 rings (SSSR count). The zero-order chi connectivity index (χ0) is 13.2. The van der Waals surface area contributed by atoms with Gasteiger partial charge in [-0.3, -0.25) is 0 Å². The summed E-state index contributed by atoms with van der Waals surface area (Å²) in [4.78, 5) is 0. The van der Waals surface area contributed by atoms with Gasteiger partial charge in [0.2, 0.25) is 0 Å². The first kappa shape index (κ1) is 12.5. The topological polar surface area (TPSA) is 12.0 Å². The highest BCUT2D eigenvalue weighted by molar-refractivity contribution is 6.30. The van der Waals surface area contributed by atoms with Crippen LogP contribution in [0.2, 0.25) is 5.02 Å². The van der Waals surface area contributed by atoms with E-state index in [9.17, 15) is 4.39 Å². The number of hydrogen-bond donors (Lipinski definition) is 1. The van der Waals surface area contributed by atoms with E-state index in [1.807, 2.05) is 18.2 Å². The Morgan fingerprint density at radius 2 is 1.84 bits per heavy atom. The summed E-state index contributed by atoms with van der Waals surface area (Å²) in [6.45, 7) is 0. The molecule has 1 unspecified atom stereocenters. The van der Waals surface area contributed by atoms with Crippen LogP contribution < -0.4 is 5.32 Å². The average molecular weight is 276 g/mol. The first-order valence-electron chi connectivity index (χ1n) is 6.50. The fraction of sp³-hybridized carbons (Fsp3) is 0.250. The van der Waals surface area contributed by atoms with Crippen LogP contribution in [0.4, 0.5) is 10.1 Å². The second kappa shape index (κ2) is 5.22. The minimum atomic E-state index is -0.297. The van der Waals surface area contributed by atoms with Crippen molar-refractivity contribution in [2.45, 2.75) is 18.9 Å². The molecule has 0 radical (unpaired) electrons. The van der Waals surface area contributed by atoms with Crippen LogP contribution in [0.3, 0.4) is 0 Å². The molecule has 2 aromatic carbocycles. The molecule has 19 heavy (non-hydrogen) atoms. The van der Waals surface area contributed by atoms with Crippen LogP contribution in [0.5, 0.6) is 0 Å². The highest BCUT2D eigenvalue weighted by Gasteiger charge is 2.32. The van der Waals surface area contributed by atoms with E-state index in [2.05, 4.69) is 17.4 Å². The normalized spacial score (nSPS) is 16.1. The van der Waals surface area contributed by atoms with Crippen molar-refractivity contribution < 1.29 is 4.39 Å². The van der Waals surface area contributed by atoms with Gasteiger partial charge in [-0.1, -0.05) is 41.9 Å². The molecule has 0 aromatic heterocycles. The highest BCUT2D eigenvalue weighted by atomic mass is 35.5. The van der Waals surface area contributed by atoms with Crippen LogP contribution in [0, 0.1) is 11.7 Å². The fourth-order valence-electron chi connectivity index (χ4n) is 2.34.